The maximum absolute atomic E-state index is 12.7. The molecule has 2 aliphatic rings. The van der Waals surface area contributed by atoms with Crippen LogP contribution in [0.15, 0.2) is 24.3 Å². The number of piperazine rings is 1. The molecular weight excluding hydrogens is 324 g/mol. The summed E-state index contributed by atoms with van der Waals surface area (Å²) >= 11 is 4.01. The van der Waals surface area contributed by atoms with Crippen LogP contribution in [0.2, 0.25) is 0 Å². The number of carbonyl (C=O) groups is 1. The molecule has 0 atom stereocenters. The number of carbonyl (C=O) groups excluding carboxylic acids is 1. The van der Waals surface area contributed by atoms with E-state index in [4.69, 9.17) is 0 Å². The van der Waals surface area contributed by atoms with Crippen molar-refractivity contribution in [3.8, 4) is 0 Å². The predicted molar refractivity (Wildman–Crippen MR) is 101 cm³/mol. The van der Waals surface area contributed by atoms with Crippen molar-refractivity contribution < 1.29 is 4.79 Å². The van der Waals surface area contributed by atoms with Crippen LogP contribution in [0.25, 0.3) is 0 Å². The molecule has 0 saturated carbocycles. The van der Waals surface area contributed by atoms with Crippen molar-refractivity contribution in [3.63, 3.8) is 0 Å². The van der Waals surface area contributed by atoms with E-state index in [1.165, 1.54) is 17.1 Å². The van der Waals surface area contributed by atoms with Gasteiger partial charge in [0.15, 0.2) is 0 Å². The molecule has 1 aromatic rings. The van der Waals surface area contributed by atoms with Crippen LogP contribution in [-0.4, -0.2) is 59.9 Å². The SMILES string of the molecule is CC(C)CN1CCN(C(=O)c2ccc(C3SCCS3)cc2)CC1. The number of thioether (sulfide) groups is 2. The lowest BCUT2D eigenvalue weighted by Crippen LogP contribution is -2.49. The molecule has 2 saturated heterocycles. The Kier molecular flexibility index (Phi) is 5.94. The van der Waals surface area contributed by atoms with E-state index in [0.29, 0.717) is 10.5 Å². The third kappa shape index (κ3) is 4.46. The van der Waals surface area contributed by atoms with E-state index in [0.717, 1.165) is 38.3 Å². The maximum atomic E-state index is 12.7. The standard InChI is InChI=1S/C18H26N2OS2/c1-14(2)13-19-7-9-20(10-8-19)17(21)15-3-5-16(6-4-15)18-22-11-12-23-18/h3-6,14,18H,7-13H2,1-2H3. The maximum Gasteiger partial charge on any atom is 0.253 e. The van der Waals surface area contributed by atoms with Crippen molar-refractivity contribution in [1.82, 2.24) is 9.80 Å². The molecule has 23 heavy (non-hydrogen) atoms. The average molecular weight is 351 g/mol. The Morgan fingerprint density at radius 2 is 1.70 bits per heavy atom. The molecule has 3 nitrogen and oxygen atoms in total. The van der Waals surface area contributed by atoms with Crippen molar-refractivity contribution in [1.29, 1.82) is 0 Å². The lowest BCUT2D eigenvalue weighted by Gasteiger charge is -2.35. The van der Waals surface area contributed by atoms with Crippen molar-refractivity contribution >= 4 is 29.4 Å². The van der Waals surface area contributed by atoms with Gasteiger partial charge in [-0.2, -0.15) is 0 Å². The summed E-state index contributed by atoms with van der Waals surface area (Å²) in [6, 6.07) is 8.30. The third-order valence-corrected chi connectivity index (χ3v) is 7.44. The molecule has 2 fully saturated rings. The fourth-order valence-corrected chi connectivity index (χ4v) is 6.03. The second-order valence-corrected chi connectivity index (χ2v) is 9.41. The fourth-order valence-electron chi connectivity index (χ4n) is 3.17. The van der Waals surface area contributed by atoms with Crippen molar-refractivity contribution in [3.05, 3.63) is 35.4 Å². The smallest absolute Gasteiger partial charge is 0.253 e. The number of nitrogens with zero attached hydrogens (tertiary/aromatic N) is 2. The van der Waals surface area contributed by atoms with Crippen LogP contribution in [0.4, 0.5) is 0 Å². The number of hydrogen-bond acceptors (Lipinski definition) is 4. The highest BCUT2D eigenvalue weighted by Gasteiger charge is 2.23. The monoisotopic (exact) mass is 350 g/mol. The van der Waals surface area contributed by atoms with Crippen LogP contribution < -0.4 is 0 Å². The van der Waals surface area contributed by atoms with Gasteiger partial charge >= 0.3 is 0 Å². The van der Waals surface area contributed by atoms with Gasteiger partial charge in [0.05, 0.1) is 4.58 Å². The van der Waals surface area contributed by atoms with Gasteiger partial charge in [-0.15, -0.1) is 23.5 Å². The molecule has 0 aliphatic carbocycles. The third-order valence-electron chi connectivity index (χ3n) is 4.33. The molecule has 2 heterocycles. The zero-order chi connectivity index (χ0) is 16.2. The Labute approximate surface area is 148 Å². The van der Waals surface area contributed by atoms with Crippen LogP contribution in [0.5, 0.6) is 0 Å². The molecule has 5 heteroatoms. The first-order chi connectivity index (χ1) is 11.1. The fraction of sp³-hybridized carbons (Fsp3) is 0.611. The second kappa shape index (κ2) is 7.95. The van der Waals surface area contributed by atoms with Gasteiger partial charge in [-0.05, 0) is 23.6 Å². The van der Waals surface area contributed by atoms with E-state index in [1.54, 1.807) is 0 Å². The number of amides is 1. The van der Waals surface area contributed by atoms with Crippen LogP contribution in [0, 0.1) is 5.92 Å². The first-order valence-corrected chi connectivity index (χ1v) is 10.6. The molecule has 0 radical (unpaired) electrons. The van der Waals surface area contributed by atoms with Crippen LogP contribution in [-0.2, 0) is 0 Å². The Morgan fingerprint density at radius 1 is 1.09 bits per heavy atom. The van der Waals surface area contributed by atoms with Gasteiger partial charge < -0.3 is 4.90 Å². The molecule has 3 rings (SSSR count). The minimum Gasteiger partial charge on any atom is -0.336 e. The summed E-state index contributed by atoms with van der Waals surface area (Å²) < 4.78 is 0.554. The Balaban J connectivity index is 1.56. The summed E-state index contributed by atoms with van der Waals surface area (Å²) in [5.41, 5.74) is 2.18. The van der Waals surface area contributed by atoms with E-state index in [2.05, 4.69) is 30.9 Å². The number of benzene rings is 1. The van der Waals surface area contributed by atoms with Gasteiger partial charge in [0.25, 0.3) is 5.91 Å². The number of rotatable bonds is 4. The Bertz CT molecular complexity index is 518. The van der Waals surface area contributed by atoms with Gasteiger partial charge in [-0.1, -0.05) is 26.0 Å². The summed E-state index contributed by atoms with van der Waals surface area (Å²) in [4.78, 5) is 17.1. The molecule has 0 spiro atoms. The highest BCUT2D eigenvalue weighted by atomic mass is 32.2. The molecular formula is C18H26N2OS2. The Hall–Kier alpha value is -0.650. The second-order valence-electron chi connectivity index (χ2n) is 6.68. The highest BCUT2D eigenvalue weighted by Crippen LogP contribution is 2.45. The van der Waals surface area contributed by atoms with Crippen LogP contribution in [0.3, 0.4) is 0 Å². The van der Waals surface area contributed by atoms with Gasteiger partial charge in [0.2, 0.25) is 0 Å². The molecule has 1 aromatic carbocycles. The van der Waals surface area contributed by atoms with Gasteiger partial charge in [0, 0.05) is 49.8 Å². The van der Waals surface area contributed by atoms with E-state index in [-0.39, 0.29) is 5.91 Å². The lowest BCUT2D eigenvalue weighted by atomic mass is 10.1. The van der Waals surface area contributed by atoms with Crippen molar-refractivity contribution in [2.45, 2.75) is 18.4 Å². The van der Waals surface area contributed by atoms with E-state index in [1.807, 2.05) is 40.6 Å². The molecule has 0 aromatic heterocycles. The predicted octanol–water partition coefficient (Wildman–Crippen LogP) is 3.58. The van der Waals surface area contributed by atoms with E-state index >= 15 is 0 Å². The molecule has 2 aliphatic heterocycles. The zero-order valence-electron chi connectivity index (χ0n) is 14.0. The average Bonchev–Trinajstić information content (AvgIpc) is 3.09. The summed E-state index contributed by atoms with van der Waals surface area (Å²) in [5.74, 6) is 3.34. The topological polar surface area (TPSA) is 23.6 Å². The lowest BCUT2D eigenvalue weighted by molar-refractivity contribution is 0.0624. The minimum absolute atomic E-state index is 0.187. The molecule has 0 unspecified atom stereocenters. The van der Waals surface area contributed by atoms with E-state index < -0.39 is 0 Å². The van der Waals surface area contributed by atoms with Gasteiger partial charge in [-0.25, -0.2) is 0 Å². The highest BCUT2D eigenvalue weighted by molar-refractivity contribution is 8.19. The first-order valence-electron chi connectivity index (χ1n) is 8.48. The quantitative estimate of drug-likeness (QED) is 0.828. The first kappa shape index (κ1) is 17.2. The summed E-state index contributed by atoms with van der Waals surface area (Å²) in [6.07, 6.45) is 0. The minimum atomic E-state index is 0.187. The van der Waals surface area contributed by atoms with Crippen LogP contribution in [0.1, 0.15) is 34.4 Å². The summed E-state index contributed by atoms with van der Waals surface area (Å²) in [6.45, 7) is 9.32. The van der Waals surface area contributed by atoms with Gasteiger partial charge in [0.1, 0.15) is 0 Å². The Morgan fingerprint density at radius 3 is 2.26 bits per heavy atom. The largest absolute Gasteiger partial charge is 0.336 e. The summed E-state index contributed by atoms with van der Waals surface area (Å²) in [7, 11) is 0. The molecule has 0 bridgehead atoms. The van der Waals surface area contributed by atoms with E-state index in [9.17, 15) is 4.79 Å². The summed E-state index contributed by atoms with van der Waals surface area (Å²) in [5, 5.41) is 0. The molecule has 126 valence electrons. The van der Waals surface area contributed by atoms with Crippen LogP contribution >= 0.6 is 23.5 Å². The van der Waals surface area contributed by atoms with Crippen molar-refractivity contribution in [2.24, 2.45) is 5.92 Å². The van der Waals surface area contributed by atoms with Gasteiger partial charge in [-0.3, -0.25) is 9.69 Å². The van der Waals surface area contributed by atoms with Crippen molar-refractivity contribution in [2.75, 3.05) is 44.2 Å². The molecule has 1 amide bonds. The normalized spacial score (nSPS) is 20.4. The number of hydrogen-bond donors (Lipinski definition) is 0. The zero-order valence-corrected chi connectivity index (χ0v) is 15.7. The molecule has 0 N–H and O–H groups in total.